The predicted octanol–water partition coefficient (Wildman–Crippen LogP) is 2.90. The van der Waals surface area contributed by atoms with Crippen molar-refractivity contribution in [1.82, 2.24) is 4.90 Å². The van der Waals surface area contributed by atoms with Gasteiger partial charge in [-0.05, 0) is 35.6 Å². The topological polar surface area (TPSA) is 29.5 Å². The van der Waals surface area contributed by atoms with Gasteiger partial charge < -0.3 is 9.64 Å². The Morgan fingerprint density at radius 1 is 1.35 bits per heavy atom. The molecule has 0 bridgehead atoms. The Hall–Kier alpha value is -1.06. The van der Waals surface area contributed by atoms with Crippen LogP contribution in [-0.4, -0.2) is 30.1 Å². The van der Waals surface area contributed by atoms with Crippen molar-refractivity contribution in [1.29, 1.82) is 0 Å². The minimum atomic E-state index is 0.0528. The van der Waals surface area contributed by atoms with Crippen LogP contribution in [0.4, 0.5) is 0 Å². The maximum atomic E-state index is 12.6. The third-order valence-corrected chi connectivity index (χ3v) is 4.61. The molecule has 1 amide bonds. The summed E-state index contributed by atoms with van der Waals surface area (Å²) in [6, 6.07) is 6.30. The number of rotatable bonds is 2. The second-order valence-corrected chi connectivity index (χ2v) is 6.57. The van der Waals surface area contributed by atoms with Gasteiger partial charge >= 0.3 is 0 Å². The molecule has 1 atom stereocenters. The zero-order valence-corrected chi connectivity index (χ0v) is 12.7. The van der Waals surface area contributed by atoms with Crippen molar-refractivity contribution in [3.05, 3.63) is 34.3 Å². The molecule has 0 spiro atoms. The van der Waals surface area contributed by atoms with Crippen molar-refractivity contribution in [3.8, 4) is 0 Å². The van der Waals surface area contributed by atoms with Gasteiger partial charge in [-0.1, -0.05) is 31.5 Å². The maximum absolute atomic E-state index is 12.6. The van der Waals surface area contributed by atoms with Gasteiger partial charge in [0.05, 0.1) is 19.1 Å². The van der Waals surface area contributed by atoms with Crippen LogP contribution in [0.3, 0.4) is 0 Å². The minimum absolute atomic E-state index is 0.0528. The molecule has 0 aromatic heterocycles. The number of hydrogen-bond donors (Lipinski definition) is 0. The average molecular weight is 294 g/mol. The van der Waals surface area contributed by atoms with E-state index in [9.17, 15) is 4.79 Å². The molecule has 0 aliphatic carbocycles. The minimum Gasteiger partial charge on any atom is -0.380 e. The largest absolute Gasteiger partial charge is 0.380 e. The lowest BCUT2D eigenvalue weighted by Crippen LogP contribution is -2.52. The monoisotopic (exact) mass is 293 g/mol. The number of amides is 1. The van der Waals surface area contributed by atoms with E-state index in [1.165, 1.54) is 11.1 Å². The zero-order valence-electron chi connectivity index (χ0n) is 11.9. The fraction of sp³-hybridized carbons (Fsp3) is 0.562. The molecule has 4 heteroatoms. The molecule has 2 aliphatic heterocycles. The van der Waals surface area contributed by atoms with Gasteiger partial charge in [0.2, 0.25) is 5.91 Å². The van der Waals surface area contributed by atoms with Crippen LogP contribution in [0, 0.1) is 11.8 Å². The molecule has 1 aromatic carbocycles. The number of benzene rings is 1. The lowest BCUT2D eigenvalue weighted by molar-refractivity contribution is -0.154. The molecule has 2 aliphatic rings. The average Bonchev–Trinajstić information content (AvgIpc) is 2.34. The number of carbonyl (C=O) groups excluding carboxylic acids is 1. The fourth-order valence-electron chi connectivity index (χ4n) is 3.03. The van der Waals surface area contributed by atoms with Crippen molar-refractivity contribution < 1.29 is 9.53 Å². The Morgan fingerprint density at radius 2 is 2.10 bits per heavy atom. The smallest absolute Gasteiger partial charge is 0.230 e. The second kappa shape index (κ2) is 5.38. The van der Waals surface area contributed by atoms with Gasteiger partial charge in [0.1, 0.15) is 0 Å². The van der Waals surface area contributed by atoms with Crippen molar-refractivity contribution in [2.75, 3.05) is 13.2 Å². The van der Waals surface area contributed by atoms with Crippen molar-refractivity contribution in [2.24, 2.45) is 11.8 Å². The highest BCUT2D eigenvalue weighted by molar-refractivity contribution is 6.30. The molecule has 0 N–H and O–H groups in total. The third kappa shape index (κ3) is 2.45. The first-order chi connectivity index (χ1) is 9.56. The molecule has 1 saturated heterocycles. The summed E-state index contributed by atoms with van der Waals surface area (Å²) in [5.41, 5.74) is 2.50. The highest BCUT2D eigenvalue weighted by Crippen LogP contribution is 2.31. The number of hydrogen-bond acceptors (Lipinski definition) is 2. The summed E-state index contributed by atoms with van der Waals surface area (Å²) in [5, 5.41) is 0.742. The van der Waals surface area contributed by atoms with Gasteiger partial charge in [0, 0.05) is 17.6 Å². The van der Waals surface area contributed by atoms with Crippen molar-refractivity contribution >= 4 is 17.5 Å². The Morgan fingerprint density at radius 3 is 2.70 bits per heavy atom. The Kier molecular flexibility index (Phi) is 3.74. The lowest BCUT2D eigenvalue weighted by Gasteiger charge is -2.42. The van der Waals surface area contributed by atoms with E-state index in [1.807, 2.05) is 17.0 Å². The fourth-order valence-corrected chi connectivity index (χ4v) is 3.22. The molecular formula is C16H20ClNO2. The SMILES string of the molecule is CC(C)C1Cc2ccc(Cl)cc2CN1C(=O)C1COC1. The molecule has 1 aromatic rings. The van der Waals surface area contributed by atoms with Gasteiger partial charge in [-0.2, -0.15) is 0 Å². The zero-order chi connectivity index (χ0) is 14.3. The predicted molar refractivity (Wildman–Crippen MR) is 78.6 cm³/mol. The molecule has 0 radical (unpaired) electrons. The normalized spacial score (nSPS) is 22.6. The molecule has 0 saturated carbocycles. The first-order valence-corrected chi connectivity index (χ1v) is 7.59. The van der Waals surface area contributed by atoms with Crippen LogP contribution in [0.25, 0.3) is 0 Å². The number of halogens is 1. The van der Waals surface area contributed by atoms with Crippen LogP contribution in [0.1, 0.15) is 25.0 Å². The number of ether oxygens (including phenoxy) is 1. The van der Waals surface area contributed by atoms with E-state index in [0.29, 0.717) is 25.7 Å². The molecular weight excluding hydrogens is 274 g/mol. The Balaban J connectivity index is 1.89. The summed E-state index contributed by atoms with van der Waals surface area (Å²) in [4.78, 5) is 14.6. The summed E-state index contributed by atoms with van der Waals surface area (Å²) in [6.07, 6.45) is 0.920. The van der Waals surface area contributed by atoms with Crippen LogP contribution in [0.5, 0.6) is 0 Å². The van der Waals surface area contributed by atoms with E-state index >= 15 is 0 Å². The maximum Gasteiger partial charge on any atom is 0.230 e. The van der Waals surface area contributed by atoms with Crippen molar-refractivity contribution in [3.63, 3.8) is 0 Å². The number of fused-ring (bicyclic) bond motifs is 1. The molecule has 2 heterocycles. The van der Waals surface area contributed by atoms with Crippen LogP contribution >= 0.6 is 11.6 Å². The van der Waals surface area contributed by atoms with Gasteiger partial charge in [0.15, 0.2) is 0 Å². The number of nitrogens with zero attached hydrogens (tertiary/aromatic N) is 1. The highest BCUT2D eigenvalue weighted by Gasteiger charge is 2.37. The van der Waals surface area contributed by atoms with E-state index in [-0.39, 0.29) is 17.9 Å². The van der Waals surface area contributed by atoms with Crippen LogP contribution < -0.4 is 0 Å². The highest BCUT2D eigenvalue weighted by atomic mass is 35.5. The van der Waals surface area contributed by atoms with Crippen molar-refractivity contribution in [2.45, 2.75) is 32.9 Å². The summed E-state index contributed by atoms with van der Waals surface area (Å²) in [7, 11) is 0. The van der Waals surface area contributed by atoms with Crippen LogP contribution in [0.15, 0.2) is 18.2 Å². The van der Waals surface area contributed by atoms with Gasteiger partial charge in [0.25, 0.3) is 0 Å². The van der Waals surface area contributed by atoms with E-state index in [2.05, 4.69) is 19.9 Å². The van der Waals surface area contributed by atoms with E-state index < -0.39 is 0 Å². The molecule has 108 valence electrons. The first-order valence-electron chi connectivity index (χ1n) is 7.22. The summed E-state index contributed by atoms with van der Waals surface area (Å²) < 4.78 is 5.16. The quantitative estimate of drug-likeness (QED) is 0.839. The molecule has 1 unspecified atom stereocenters. The van der Waals surface area contributed by atoms with E-state index in [0.717, 1.165) is 11.4 Å². The Bertz CT molecular complexity index is 525. The van der Waals surface area contributed by atoms with E-state index in [1.54, 1.807) is 0 Å². The Labute approximate surface area is 124 Å². The van der Waals surface area contributed by atoms with Crippen LogP contribution in [0.2, 0.25) is 5.02 Å². The lowest BCUT2D eigenvalue weighted by atomic mass is 9.87. The van der Waals surface area contributed by atoms with Gasteiger partial charge in [-0.25, -0.2) is 0 Å². The van der Waals surface area contributed by atoms with Gasteiger partial charge in [-0.3, -0.25) is 4.79 Å². The van der Waals surface area contributed by atoms with E-state index in [4.69, 9.17) is 16.3 Å². The molecule has 1 fully saturated rings. The summed E-state index contributed by atoms with van der Waals surface area (Å²) in [5.74, 6) is 0.737. The molecule has 3 nitrogen and oxygen atoms in total. The molecule has 20 heavy (non-hydrogen) atoms. The van der Waals surface area contributed by atoms with Gasteiger partial charge in [-0.15, -0.1) is 0 Å². The van der Waals surface area contributed by atoms with Crippen LogP contribution in [-0.2, 0) is 22.5 Å². The second-order valence-electron chi connectivity index (χ2n) is 6.13. The summed E-state index contributed by atoms with van der Waals surface area (Å²) in [6.45, 7) is 6.19. The first kappa shape index (κ1) is 13.9. The molecule has 3 rings (SSSR count). The standard InChI is InChI=1S/C16H20ClNO2/c1-10(2)15-6-11-3-4-14(17)5-12(11)7-18(15)16(19)13-8-20-9-13/h3-5,10,13,15H,6-9H2,1-2H3. The third-order valence-electron chi connectivity index (χ3n) is 4.38. The summed E-state index contributed by atoms with van der Waals surface area (Å²) >= 11 is 6.08. The number of carbonyl (C=O) groups is 1.